The summed E-state index contributed by atoms with van der Waals surface area (Å²) in [5, 5.41) is 13.9. The minimum atomic E-state index is -1.23. The Morgan fingerprint density at radius 3 is 2.20 bits per heavy atom. The SMILES string of the molecule is C[Si](C)(C)c1ccc(-c2[c-]cccc2)nc1.[Ir].[c-]1ccc2c(oc3c4ccccc4ccc23)c1-c1nc2cnncc2n1-c1ccccc1. The molecule has 8 heteroatoms. The number of pyridine rings is 1. The van der Waals surface area contributed by atoms with Crippen LogP contribution in [0, 0.1) is 12.1 Å². The monoisotopic (exact) mass is 830 g/mol. The van der Waals surface area contributed by atoms with Gasteiger partial charge in [0.05, 0.1) is 42.9 Å². The van der Waals surface area contributed by atoms with Crippen LogP contribution >= 0.6 is 0 Å². The summed E-state index contributed by atoms with van der Waals surface area (Å²) in [7, 11) is -1.23. The van der Waals surface area contributed by atoms with Crippen molar-refractivity contribution in [3.63, 3.8) is 0 Å². The third kappa shape index (κ3) is 6.11. The molecule has 4 heterocycles. The summed E-state index contributed by atoms with van der Waals surface area (Å²) in [5.74, 6) is 0.745. The average Bonchev–Trinajstić information content (AvgIpc) is 3.72. The third-order valence-electron chi connectivity index (χ3n) is 8.54. The predicted octanol–water partition coefficient (Wildman–Crippen LogP) is 9.43. The molecule has 9 aromatic rings. The van der Waals surface area contributed by atoms with Crippen molar-refractivity contribution in [1.82, 2.24) is 24.7 Å². The summed E-state index contributed by atoms with van der Waals surface area (Å²) < 4.78 is 8.61. The van der Waals surface area contributed by atoms with Crippen molar-refractivity contribution in [3.8, 4) is 28.3 Å². The van der Waals surface area contributed by atoms with E-state index in [1.807, 2.05) is 66.9 Å². The van der Waals surface area contributed by atoms with E-state index in [1.165, 1.54) is 5.19 Å². The van der Waals surface area contributed by atoms with Crippen molar-refractivity contribution >= 4 is 57.0 Å². The summed E-state index contributed by atoms with van der Waals surface area (Å²) in [6.07, 6.45) is 5.44. The van der Waals surface area contributed by atoms with Crippen LogP contribution in [-0.2, 0) is 20.1 Å². The van der Waals surface area contributed by atoms with E-state index in [4.69, 9.17) is 9.40 Å². The maximum Gasteiger partial charge on any atom is 0.128 e. The van der Waals surface area contributed by atoms with Gasteiger partial charge in [0.25, 0.3) is 0 Å². The van der Waals surface area contributed by atoms with Crippen molar-refractivity contribution in [2.75, 3.05) is 0 Å². The molecule has 0 aliphatic rings. The van der Waals surface area contributed by atoms with E-state index in [9.17, 15) is 0 Å². The van der Waals surface area contributed by atoms with Crippen molar-refractivity contribution in [2.45, 2.75) is 19.6 Å². The molecular formula is C41H31IrN5OSi-2. The van der Waals surface area contributed by atoms with Crippen LogP contribution in [-0.4, -0.2) is 32.8 Å². The normalized spacial score (nSPS) is 11.4. The van der Waals surface area contributed by atoms with Crippen LogP contribution in [0.5, 0.6) is 0 Å². The fraction of sp³-hybridized carbons (Fsp3) is 0.0732. The van der Waals surface area contributed by atoms with Crippen LogP contribution in [0.2, 0.25) is 19.6 Å². The number of hydrogen-bond donors (Lipinski definition) is 0. The Bertz CT molecular complexity index is 2540. The molecule has 6 nitrogen and oxygen atoms in total. The van der Waals surface area contributed by atoms with E-state index in [-0.39, 0.29) is 20.1 Å². The molecule has 0 spiro atoms. The van der Waals surface area contributed by atoms with E-state index in [0.717, 1.165) is 72.1 Å². The molecule has 49 heavy (non-hydrogen) atoms. The molecule has 9 rings (SSSR count). The predicted molar refractivity (Wildman–Crippen MR) is 197 cm³/mol. The molecule has 0 atom stereocenters. The number of benzene rings is 5. The molecule has 0 saturated carbocycles. The molecule has 0 N–H and O–H groups in total. The molecule has 0 saturated heterocycles. The van der Waals surface area contributed by atoms with E-state index < -0.39 is 8.07 Å². The Balaban J connectivity index is 0.000000189. The van der Waals surface area contributed by atoms with Crippen LogP contribution < -0.4 is 5.19 Å². The molecule has 0 aliphatic heterocycles. The fourth-order valence-electron chi connectivity index (χ4n) is 6.04. The second-order valence-corrected chi connectivity index (χ2v) is 17.8. The van der Waals surface area contributed by atoms with E-state index in [1.54, 1.807) is 12.4 Å². The standard InChI is InChI=1S/C27H15N4O.C14H16NSi.Ir/c1-2-8-18(9-3-1)31-24-16-29-28-15-23(24)30-27(31)22-12-6-11-20-21-14-13-17-7-4-5-10-19(17)25(21)32-26(20)22;1-16(2,3)13-9-10-14(15-11-13)12-7-5-4-6-8-12;/h1-11,13-16H;4-7,9-11H,1-3H3;/q2*-1;. The van der Waals surface area contributed by atoms with Crippen molar-refractivity contribution in [3.05, 3.63) is 146 Å². The number of hydrogen-bond acceptors (Lipinski definition) is 5. The number of fused-ring (bicyclic) bond motifs is 6. The molecule has 0 fully saturated rings. The minimum absolute atomic E-state index is 0. The van der Waals surface area contributed by atoms with Gasteiger partial charge >= 0.3 is 0 Å². The Labute approximate surface area is 298 Å². The quantitative estimate of drug-likeness (QED) is 0.131. The fourth-order valence-corrected chi connectivity index (χ4v) is 7.07. The van der Waals surface area contributed by atoms with Gasteiger partial charge in [0.15, 0.2) is 0 Å². The Hall–Kier alpha value is -5.27. The first kappa shape index (κ1) is 32.3. The van der Waals surface area contributed by atoms with Gasteiger partial charge in [-0.2, -0.15) is 10.2 Å². The zero-order valence-electron chi connectivity index (χ0n) is 27.2. The van der Waals surface area contributed by atoms with E-state index in [0.29, 0.717) is 0 Å². The molecule has 0 amide bonds. The third-order valence-corrected chi connectivity index (χ3v) is 10.6. The van der Waals surface area contributed by atoms with Gasteiger partial charge in [-0.15, -0.1) is 54.1 Å². The van der Waals surface area contributed by atoms with Gasteiger partial charge < -0.3 is 14.0 Å². The summed E-state index contributed by atoms with van der Waals surface area (Å²) in [4.78, 5) is 9.43. The van der Waals surface area contributed by atoms with Crippen molar-refractivity contribution in [2.24, 2.45) is 0 Å². The largest absolute Gasteiger partial charge is 0.500 e. The maximum atomic E-state index is 6.52. The molecule has 5 aromatic carbocycles. The van der Waals surface area contributed by atoms with E-state index >= 15 is 0 Å². The number of furan rings is 1. The van der Waals surface area contributed by atoms with Crippen LogP contribution in [0.3, 0.4) is 0 Å². The zero-order valence-corrected chi connectivity index (χ0v) is 30.6. The molecule has 0 aliphatic carbocycles. The van der Waals surface area contributed by atoms with E-state index in [2.05, 4.69) is 106 Å². The number of nitrogens with zero attached hydrogens (tertiary/aromatic N) is 5. The van der Waals surface area contributed by atoms with Gasteiger partial charge in [-0.3, -0.25) is 4.98 Å². The summed E-state index contributed by atoms with van der Waals surface area (Å²) >= 11 is 0. The van der Waals surface area contributed by atoms with Crippen LogP contribution in [0.25, 0.3) is 72.1 Å². The van der Waals surface area contributed by atoms with Crippen molar-refractivity contribution in [1.29, 1.82) is 0 Å². The topological polar surface area (TPSA) is 69.6 Å². The maximum absolute atomic E-state index is 6.52. The first-order chi connectivity index (χ1) is 23.5. The van der Waals surface area contributed by atoms with Crippen LogP contribution in [0.15, 0.2) is 138 Å². The van der Waals surface area contributed by atoms with Gasteiger partial charge in [0, 0.05) is 42.8 Å². The zero-order chi connectivity index (χ0) is 32.7. The average molecular weight is 830 g/mol. The number of imidazole rings is 1. The van der Waals surface area contributed by atoms with Gasteiger partial charge in [-0.25, -0.2) is 0 Å². The van der Waals surface area contributed by atoms with Crippen LogP contribution in [0.4, 0.5) is 0 Å². The number of rotatable bonds is 4. The summed E-state index contributed by atoms with van der Waals surface area (Å²) in [6, 6.07) is 45.5. The molecular weight excluding hydrogens is 799 g/mol. The smallest absolute Gasteiger partial charge is 0.128 e. The van der Waals surface area contributed by atoms with Crippen molar-refractivity contribution < 1.29 is 24.5 Å². The molecule has 4 aromatic heterocycles. The summed E-state index contributed by atoms with van der Waals surface area (Å²) in [5.41, 5.74) is 7.16. The first-order valence-corrected chi connectivity index (χ1v) is 19.4. The molecule has 241 valence electrons. The van der Waals surface area contributed by atoms with Gasteiger partial charge in [-0.05, 0) is 28.4 Å². The van der Waals surface area contributed by atoms with Gasteiger partial charge in [-0.1, -0.05) is 97.3 Å². The summed E-state index contributed by atoms with van der Waals surface area (Å²) in [6.45, 7) is 7.00. The van der Waals surface area contributed by atoms with Gasteiger partial charge in [0.1, 0.15) is 5.58 Å². The number of para-hydroxylation sites is 1. The molecule has 1 radical (unpaired) electrons. The Kier molecular flexibility index (Phi) is 8.78. The second kappa shape index (κ2) is 13.3. The Morgan fingerprint density at radius 1 is 0.653 bits per heavy atom. The number of aromatic nitrogens is 5. The molecule has 0 bridgehead atoms. The second-order valence-electron chi connectivity index (χ2n) is 12.7. The first-order valence-electron chi connectivity index (χ1n) is 15.9. The minimum Gasteiger partial charge on any atom is -0.500 e. The Morgan fingerprint density at radius 2 is 1.43 bits per heavy atom. The van der Waals surface area contributed by atoms with Crippen LogP contribution in [0.1, 0.15) is 0 Å². The van der Waals surface area contributed by atoms with Gasteiger partial charge in [0.2, 0.25) is 0 Å². The molecule has 0 unspecified atom stereocenters.